The molecule has 0 fully saturated rings. The quantitative estimate of drug-likeness (QED) is 0.0261. The Morgan fingerprint density at radius 3 is 0.756 bits per heavy atom. The number of unbranched alkanes of at least 4 members (excludes halogenated alkanes) is 31. The molecule has 6 nitrogen and oxygen atoms in total. The summed E-state index contributed by atoms with van der Waals surface area (Å²) in [6, 6.07) is 0. The van der Waals surface area contributed by atoms with E-state index in [1.165, 1.54) is 154 Å². The largest absolute Gasteiger partial charge is 0.462 e. The number of hydrogen-bond donors (Lipinski definition) is 0. The minimum atomic E-state index is -0.796. The molecule has 0 heterocycles. The van der Waals surface area contributed by atoms with E-state index >= 15 is 0 Å². The van der Waals surface area contributed by atoms with E-state index in [4.69, 9.17) is 14.2 Å². The van der Waals surface area contributed by atoms with E-state index in [-0.39, 0.29) is 31.1 Å². The molecule has 0 spiro atoms. The third kappa shape index (κ3) is 66.6. The number of carbonyl (C=O) groups excluding carboxylic acids is 3. The monoisotopic (exact) mass is 1140 g/mol. The summed E-state index contributed by atoms with van der Waals surface area (Å²) in [6.45, 7) is 6.39. The van der Waals surface area contributed by atoms with Gasteiger partial charge < -0.3 is 14.2 Å². The molecule has 0 amide bonds. The first-order chi connectivity index (χ1) is 40.5. The number of hydrogen-bond acceptors (Lipinski definition) is 6. The number of rotatable bonds is 62. The maximum atomic E-state index is 12.9. The van der Waals surface area contributed by atoms with E-state index in [0.717, 1.165) is 128 Å². The molecule has 0 bridgehead atoms. The summed E-state index contributed by atoms with van der Waals surface area (Å²) in [7, 11) is 0. The van der Waals surface area contributed by atoms with Gasteiger partial charge in [-0.25, -0.2) is 0 Å². The van der Waals surface area contributed by atoms with Crippen molar-refractivity contribution in [2.75, 3.05) is 13.2 Å². The van der Waals surface area contributed by atoms with Crippen LogP contribution in [0.5, 0.6) is 0 Å². The average Bonchev–Trinajstić information content (AvgIpc) is 3.47. The first-order valence-corrected chi connectivity index (χ1v) is 34.5. The van der Waals surface area contributed by atoms with Gasteiger partial charge in [-0.3, -0.25) is 14.4 Å². The molecule has 0 aromatic heterocycles. The van der Waals surface area contributed by atoms with Crippen LogP contribution in [0.3, 0.4) is 0 Å². The lowest BCUT2D eigenvalue weighted by atomic mass is 10.0. The van der Waals surface area contributed by atoms with Crippen LogP contribution in [0.4, 0.5) is 0 Å². The normalized spacial score (nSPS) is 12.9. The number of ether oxygens (including phenoxy) is 3. The molecule has 0 radical (unpaired) electrons. The molecule has 6 heteroatoms. The van der Waals surface area contributed by atoms with E-state index in [0.29, 0.717) is 19.3 Å². The highest BCUT2D eigenvalue weighted by Gasteiger charge is 2.19. The predicted molar refractivity (Wildman–Crippen MR) is 357 cm³/mol. The van der Waals surface area contributed by atoms with Crippen molar-refractivity contribution in [2.24, 2.45) is 0 Å². The predicted octanol–water partition coefficient (Wildman–Crippen LogP) is 23.9. The van der Waals surface area contributed by atoms with E-state index in [1.807, 2.05) is 0 Å². The van der Waals surface area contributed by atoms with Crippen LogP contribution in [0.25, 0.3) is 0 Å². The first kappa shape index (κ1) is 77.8. The van der Waals surface area contributed by atoms with Gasteiger partial charge in [0.25, 0.3) is 0 Å². The lowest BCUT2D eigenvalue weighted by Crippen LogP contribution is -2.30. The van der Waals surface area contributed by atoms with Crippen molar-refractivity contribution in [1.29, 1.82) is 0 Å². The highest BCUT2D eigenvalue weighted by molar-refractivity contribution is 5.71. The van der Waals surface area contributed by atoms with Crippen LogP contribution in [0.2, 0.25) is 0 Å². The summed E-state index contributed by atoms with van der Waals surface area (Å²) in [5, 5.41) is 0. The third-order valence-corrected chi connectivity index (χ3v) is 14.7. The zero-order valence-electron chi connectivity index (χ0n) is 53.7. The number of carbonyl (C=O) groups is 3. The van der Waals surface area contributed by atoms with Gasteiger partial charge >= 0.3 is 17.9 Å². The minimum absolute atomic E-state index is 0.0900. The summed E-state index contributed by atoms with van der Waals surface area (Å²) in [4.78, 5) is 38.3. The van der Waals surface area contributed by atoms with Gasteiger partial charge in [0, 0.05) is 19.3 Å². The lowest BCUT2D eigenvalue weighted by molar-refractivity contribution is -0.167. The maximum absolute atomic E-state index is 12.9. The van der Waals surface area contributed by atoms with E-state index < -0.39 is 6.10 Å². The van der Waals surface area contributed by atoms with Crippen LogP contribution in [0.1, 0.15) is 323 Å². The van der Waals surface area contributed by atoms with Crippen molar-refractivity contribution in [1.82, 2.24) is 0 Å². The molecule has 1 atom stereocenters. The fraction of sp³-hybridized carbons (Fsp3) is 0.697. The highest BCUT2D eigenvalue weighted by atomic mass is 16.6. The van der Waals surface area contributed by atoms with Crippen molar-refractivity contribution in [3.05, 3.63) is 122 Å². The lowest BCUT2D eigenvalue weighted by Gasteiger charge is -2.18. The molecule has 0 aliphatic heterocycles. The summed E-state index contributed by atoms with van der Waals surface area (Å²) in [5.74, 6) is -0.919. The summed E-state index contributed by atoms with van der Waals surface area (Å²) in [6.07, 6.45) is 96.6. The molecule has 0 aliphatic carbocycles. The molecule has 0 aliphatic rings. The van der Waals surface area contributed by atoms with Crippen molar-refractivity contribution in [3.8, 4) is 0 Å². The Labute approximate surface area is 507 Å². The molecule has 82 heavy (non-hydrogen) atoms. The zero-order valence-corrected chi connectivity index (χ0v) is 53.7. The minimum Gasteiger partial charge on any atom is -0.462 e. The molecule has 0 saturated carbocycles. The molecule has 0 aromatic carbocycles. The summed E-state index contributed by atoms with van der Waals surface area (Å²) in [5.41, 5.74) is 0. The van der Waals surface area contributed by atoms with Gasteiger partial charge in [0.15, 0.2) is 6.10 Å². The second-order valence-electron chi connectivity index (χ2n) is 22.7. The Balaban J connectivity index is 4.21. The van der Waals surface area contributed by atoms with Crippen LogP contribution in [0.15, 0.2) is 122 Å². The molecular weight excluding hydrogens is 1010 g/mol. The van der Waals surface area contributed by atoms with E-state index in [9.17, 15) is 14.4 Å². The van der Waals surface area contributed by atoms with Gasteiger partial charge in [0.05, 0.1) is 0 Å². The molecule has 0 aromatic rings. The standard InChI is InChI=1S/C76H128O6/c1-4-7-10-13-16-19-22-25-27-29-31-32-33-34-35-36-37-38-39-40-41-42-43-44-45-47-48-51-54-57-60-63-66-69-75(78)81-72-73(71-80-74(77)68-65-62-59-56-53-50-24-21-18-15-12-9-6-3)82-76(79)70-67-64-61-58-55-52-49-46-30-28-26-23-20-17-14-11-8-5-2/h7,9-10,12,16,18-21,23,25,27-28,30-32,34-35,50,53,73H,4-6,8,11,13-15,17,22,24,26,29,33,36-49,51-52,54-72H2,1-3H3/b10-7-,12-9-,19-16-,21-18-,23-20-,27-25-,30-28-,32-31-,35-34-,53-50-. The van der Waals surface area contributed by atoms with Crippen molar-refractivity contribution in [2.45, 2.75) is 329 Å². The fourth-order valence-corrected chi connectivity index (χ4v) is 9.57. The fourth-order valence-electron chi connectivity index (χ4n) is 9.57. The summed E-state index contributed by atoms with van der Waals surface area (Å²) < 4.78 is 16.9. The van der Waals surface area contributed by atoms with Gasteiger partial charge in [-0.2, -0.15) is 0 Å². The van der Waals surface area contributed by atoms with Gasteiger partial charge in [-0.15, -0.1) is 0 Å². The Morgan fingerprint density at radius 1 is 0.256 bits per heavy atom. The van der Waals surface area contributed by atoms with Crippen LogP contribution in [-0.2, 0) is 28.6 Å². The molecule has 0 rings (SSSR count). The Hall–Kier alpha value is -4.19. The van der Waals surface area contributed by atoms with Gasteiger partial charge in [0.2, 0.25) is 0 Å². The van der Waals surface area contributed by atoms with Crippen LogP contribution in [-0.4, -0.2) is 37.2 Å². The Kier molecular flexibility index (Phi) is 65.8. The van der Waals surface area contributed by atoms with Gasteiger partial charge in [-0.05, 0) is 128 Å². The average molecular weight is 1140 g/mol. The first-order valence-electron chi connectivity index (χ1n) is 34.5. The second-order valence-corrected chi connectivity index (χ2v) is 22.7. The van der Waals surface area contributed by atoms with E-state index in [2.05, 4.69) is 142 Å². The van der Waals surface area contributed by atoms with Crippen molar-refractivity contribution >= 4 is 17.9 Å². The summed E-state index contributed by atoms with van der Waals surface area (Å²) >= 11 is 0. The maximum Gasteiger partial charge on any atom is 0.306 e. The zero-order chi connectivity index (χ0) is 59.2. The van der Waals surface area contributed by atoms with Crippen LogP contribution < -0.4 is 0 Å². The van der Waals surface area contributed by atoms with Gasteiger partial charge in [0.1, 0.15) is 13.2 Å². The molecule has 468 valence electrons. The Morgan fingerprint density at radius 2 is 0.476 bits per heavy atom. The van der Waals surface area contributed by atoms with E-state index in [1.54, 1.807) is 0 Å². The van der Waals surface area contributed by atoms with Gasteiger partial charge in [-0.1, -0.05) is 296 Å². The molecule has 1 unspecified atom stereocenters. The smallest absolute Gasteiger partial charge is 0.306 e. The van der Waals surface area contributed by atoms with Crippen molar-refractivity contribution < 1.29 is 28.6 Å². The number of esters is 3. The van der Waals surface area contributed by atoms with Crippen molar-refractivity contribution in [3.63, 3.8) is 0 Å². The highest BCUT2D eigenvalue weighted by Crippen LogP contribution is 2.17. The molecular formula is C76H128O6. The third-order valence-electron chi connectivity index (χ3n) is 14.7. The topological polar surface area (TPSA) is 78.9 Å². The molecule has 0 N–H and O–H groups in total. The number of allylic oxidation sites excluding steroid dienone is 20. The molecule has 0 saturated heterocycles. The Bertz CT molecular complexity index is 1690. The van der Waals surface area contributed by atoms with Crippen LogP contribution >= 0.6 is 0 Å². The second kappa shape index (κ2) is 69.3. The SMILES string of the molecule is CC/C=C\C/C=C\C/C=C\C/C=C\C/C=C\CCCCCCCCCCCCCCCCCCCC(=O)OCC(COC(=O)CCCCC/C=C\C/C=C\C/C=C\CC)OC(=O)CCCCCCCCC/C=C\C/C=C\CCCCCC. The van der Waals surface area contributed by atoms with Crippen LogP contribution in [0, 0.1) is 0 Å².